The van der Waals surface area contributed by atoms with Crippen molar-refractivity contribution in [3.05, 3.63) is 34.1 Å². The second-order valence-corrected chi connectivity index (χ2v) is 3.33. The van der Waals surface area contributed by atoms with Crippen LogP contribution in [-0.2, 0) is 4.79 Å². The largest absolute Gasteiger partial charge is 0.330 e. The zero-order valence-electron chi connectivity index (χ0n) is 8.98. The molecule has 0 aliphatic rings. The van der Waals surface area contributed by atoms with Gasteiger partial charge in [0.25, 0.3) is 5.69 Å². The van der Waals surface area contributed by atoms with Crippen LogP contribution in [0.3, 0.4) is 0 Å². The number of amides is 1. The molecule has 0 saturated carbocycles. The number of benzene rings is 1. The Bertz CT molecular complexity index is 437. The highest BCUT2D eigenvalue weighted by Gasteiger charge is 2.19. The van der Waals surface area contributed by atoms with Crippen LogP contribution in [0, 0.1) is 15.9 Å². The lowest BCUT2D eigenvalue weighted by Crippen LogP contribution is -2.15. The minimum atomic E-state index is -0.833. The highest BCUT2D eigenvalue weighted by Crippen LogP contribution is 2.26. The molecule has 0 unspecified atom stereocenters. The maximum Gasteiger partial charge on any atom is 0.295 e. The van der Waals surface area contributed by atoms with Crippen molar-refractivity contribution in [2.45, 2.75) is 12.8 Å². The molecule has 0 bridgehead atoms. The highest BCUT2D eigenvalue weighted by atomic mass is 19.1. The molecule has 0 saturated heterocycles. The van der Waals surface area contributed by atoms with E-state index in [1.54, 1.807) is 0 Å². The SMILES string of the molecule is NCCCC(=O)Nc1c(F)cccc1[N+](=O)[O-]. The molecule has 1 rings (SSSR count). The van der Waals surface area contributed by atoms with E-state index >= 15 is 0 Å². The fraction of sp³-hybridized carbons (Fsp3) is 0.300. The third kappa shape index (κ3) is 3.49. The van der Waals surface area contributed by atoms with Gasteiger partial charge in [-0.2, -0.15) is 0 Å². The number of halogens is 1. The molecule has 0 aliphatic carbocycles. The van der Waals surface area contributed by atoms with Gasteiger partial charge < -0.3 is 11.1 Å². The van der Waals surface area contributed by atoms with Crippen LogP contribution in [-0.4, -0.2) is 17.4 Å². The van der Waals surface area contributed by atoms with Crippen molar-refractivity contribution in [2.24, 2.45) is 5.73 Å². The lowest BCUT2D eigenvalue weighted by Gasteiger charge is -2.06. The molecule has 1 amide bonds. The second-order valence-electron chi connectivity index (χ2n) is 3.33. The molecule has 3 N–H and O–H groups in total. The van der Waals surface area contributed by atoms with E-state index in [0.29, 0.717) is 13.0 Å². The number of carbonyl (C=O) groups excluding carboxylic acids is 1. The maximum absolute atomic E-state index is 13.3. The predicted octanol–water partition coefficient (Wildman–Crippen LogP) is 1.41. The summed E-state index contributed by atoms with van der Waals surface area (Å²) in [5.41, 5.74) is 4.35. The number of nitrogens with two attached hydrogens (primary N) is 1. The smallest absolute Gasteiger partial charge is 0.295 e. The maximum atomic E-state index is 13.3. The van der Waals surface area contributed by atoms with Gasteiger partial charge in [-0.3, -0.25) is 14.9 Å². The number of nitro benzene ring substituents is 1. The number of para-hydroxylation sites is 1. The standard InChI is InChI=1S/C10H12FN3O3/c11-7-3-1-4-8(14(16)17)10(7)13-9(15)5-2-6-12/h1,3-4H,2,5-6,12H2,(H,13,15). The minimum absolute atomic E-state index is 0.0992. The quantitative estimate of drug-likeness (QED) is 0.601. The molecule has 1 aromatic carbocycles. The number of rotatable bonds is 5. The number of nitro groups is 1. The van der Waals surface area contributed by atoms with Gasteiger partial charge in [0.15, 0.2) is 11.5 Å². The van der Waals surface area contributed by atoms with Crippen LogP contribution in [0.4, 0.5) is 15.8 Å². The number of anilines is 1. The lowest BCUT2D eigenvalue weighted by atomic mass is 10.2. The molecule has 1 aromatic rings. The molecule has 0 fully saturated rings. The molecule has 0 spiro atoms. The van der Waals surface area contributed by atoms with E-state index in [4.69, 9.17) is 5.73 Å². The molecular weight excluding hydrogens is 229 g/mol. The zero-order valence-corrected chi connectivity index (χ0v) is 8.98. The van der Waals surface area contributed by atoms with E-state index in [1.807, 2.05) is 0 Å². The van der Waals surface area contributed by atoms with Crippen molar-refractivity contribution in [1.29, 1.82) is 0 Å². The molecule has 0 heterocycles. The van der Waals surface area contributed by atoms with Crippen molar-refractivity contribution in [2.75, 3.05) is 11.9 Å². The van der Waals surface area contributed by atoms with Crippen LogP contribution in [0.15, 0.2) is 18.2 Å². The minimum Gasteiger partial charge on any atom is -0.330 e. The summed E-state index contributed by atoms with van der Waals surface area (Å²) in [5.74, 6) is -1.33. The molecule has 0 aromatic heterocycles. The summed E-state index contributed by atoms with van der Waals surface area (Å²) in [6, 6.07) is 3.39. The van der Waals surface area contributed by atoms with Gasteiger partial charge in [-0.1, -0.05) is 6.07 Å². The first-order valence-electron chi connectivity index (χ1n) is 4.99. The molecule has 17 heavy (non-hydrogen) atoms. The van der Waals surface area contributed by atoms with Gasteiger partial charge in [-0.15, -0.1) is 0 Å². The van der Waals surface area contributed by atoms with E-state index in [-0.39, 0.29) is 6.42 Å². The summed E-state index contributed by atoms with van der Waals surface area (Å²) in [7, 11) is 0. The molecule has 0 aliphatic heterocycles. The molecule has 6 nitrogen and oxygen atoms in total. The third-order valence-corrected chi connectivity index (χ3v) is 2.06. The molecule has 92 valence electrons. The predicted molar refractivity (Wildman–Crippen MR) is 60.0 cm³/mol. The Labute approximate surface area is 96.8 Å². The zero-order chi connectivity index (χ0) is 12.8. The van der Waals surface area contributed by atoms with E-state index in [1.165, 1.54) is 6.07 Å². The van der Waals surface area contributed by atoms with Crippen LogP contribution in [0.1, 0.15) is 12.8 Å². The Morgan fingerprint density at radius 3 is 2.82 bits per heavy atom. The Kier molecular flexibility index (Phi) is 4.53. The number of hydrogen-bond donors (Lipinski definition) is 2. The van der Waals surface area contributed by atoms with Gasteiger partial charge in [0.1, 0.15) is 0 Å². The van der Waals surface area contributed by atoms with Gasteiger partial charge in [-0.25, -0.2) is 4.39 Å². The van der Waals surface area contributed by atoms with E-state index in [9.17, 15) is 19.3 Å². The second kappa shape index (κ2) is 5.90. The van der Waals surface area contributed by atoms with Crippen molar-refractivity contribution < 1.29 is 14.1 Å². The van der Waals surface area contributed by atoms with Crippen LogP contribution >= 0.6 is 0 Å². The van der Waals surface area contributed by atoms with Gasteiger partial charge in [0, 0.05) is 12.5 Å². The number of hydrogen-bond acceptors (Lipinski definition) is 4. The van der Waals surface area contributed by atoms with Crippen LogP contribution in [0.5, 0.6) is 0 Å². The number of nitrogens with zero attached hydrogens (tertiary/aromatic N) is 1. The lowest BCUT2D eigenvalue weighted by molar-refractivity contribution is -0.384. The van der Waals surface area contributed by atoms with Gasteiger partial charge in [-0.05, 0) is 19.0 Å². The summed E-state index contributed by atoms with van der Waals surface area (Å²) < 4.78 is 13.3. The first kappa shape index (κ1) is 13.0. The summed E-state index contributed by atoms with van der Waals surface area (Å²) in [5, 5.41) is 12.8. The average Bonchev–Trinajstić information content (AvgIpc) is 2.28. The third-order valence-electron chi connectivity index (χ3n) is 2.06. The Balaban J connectivity index is 2.89. The topological polar surface area (TPSA) is 98.3 Å². The summed E-state index contributed by atoms with van der Waals surface area (Å²) in [4.78, 5) is 21.2. The molecule has 7 heteroatoms. The van der Waals surface area contributed by atoms with Crippen molar-refractivity contribution in [3.63, 3.8) is 0 Å². The first-order chi connectivity index (χ1) is 8.06. The van der Waals surface area contributed by atoms with Crippen molar-refractivity contribution in [3.8, 4) is 0 Å². The van der Waals surface area contributed by atoms with E-state index in [2.05, 4.69) is 5.32 Å². The summed E-state index contributed by atoms with van der Waals surface area (Å²) >= 11 is 0. The number of carbonyl (C=O) groups is 1. The number of nitrogens with one attached hydrogen (secondary N) is 1. The Morgan fingerprint density at radius 2 is 2.24 bits per heavy atom. The summed E-state index contributed by atoms with van der Waals surface area (Å²) in [6.45, 7) is 0.326. The Hall–Kier alpha value is -2.02. The van der Waals surface area contributed by atoms with E-state index in [0.717, 1.165) is 12.1 Å². The van der Waals surface area contributed by atoms with Crippen LogP contribution in [0.2, 0.25) is 0 Å². The van der Waals surface area contributed by atoms with Crippen LogP contribution in [0.25, 0.3) is 0 Å². The first-order valence-corrected chi connectivity index (χ1v) is 4.99. The van der Waals surface area contributed by atoms with Crippen molar-refractivity contribution in [1.82, 2.24) is 0 Å². The van der Waals surface area contributed by atoms with E-state index < -0.39 is 28.0 Å². The van der Waals surface area contributed by atoms with Crippen LogP contribution < -0.4 is 11.1 Å². The summed E-state index contributed by atoms with van der Waals surface area (Å²) in [6.07, 6.45) is 0.538. The fourth-order valence-corrected chi connectivity index (χ4v) is 1.25. The average molecular weight is 241 g/mol. The molecule has 0 atom stereocenters. The van der Waals surface area contributed by atoms with Gasteiger partial charge in [0.05, 0.1) is 4.92 Å². The fourth-order valence-electron chi connectivity index (χ4n) is 1.25. The molecular formula is C10H12FN3O3. The monoisotopic (exact) mass is 241 g/mol. The normalized spacial score (nSPS) is 10.0. The van der Waals surface area contributed by atoms with Gasteiger partial charge >= 0.3 is 0 Å². The highest BCUT2D eigenvalue weighted by molar-refractivity contribution is 5.93. The molecule has 0 radical (unpaired) electrons. The Morgan fingerprint density at radius 1 is 1.53 bits per heavy atom. The van der Waals surface area contributed by atoms with Crippen molar-refractivity contribution >= 4 is 17.3 Å². The van der Waals surface area contributed by atoms with Gasteiger partial charge in [0.2, 0.25) is 5.91 Å².